The number of thiophene rings is 1. The molecule has 4 heteroatoms. The number of nitrogens with one attached hydrogen (secondary N) is 1. The summed E-state index contributed by atoms with van der Waals surface area (Å²) in [6.45, 7) is 2.02. The van der Waals surface area contributed by atoms with Crippen LogP contribution in [-0.2, 0) is 0 Å². The van der Waals surface area contributed by atoms with Crippen molar-refractivity contribution in [3.63, 3.8) is 0 Å². The molecule has 0 aliphatic rings. The third kappa shape index (κ3) is 2.63. The van der Waals surface area contributed by atoms with Crippen molar-refractivity contribution < 1.29 is 4.39 Å². The fraction of sp³-hybridized carbons (Fsp3) is 0.154. The van der Waals surface area contributed by atoms with E-state index in [2.05, 4.69) is 5.32 Å². The lowest BCUT2D eigenvalue weighted by Crippen LogP contribution is -2.05. The first kappa shape index (κ1) is 11.6. The van der Waals surface area contributed by atoms with E-state index < -0.39 is 5.82 Å². The average molecular weight is 246 g/mol. The quantitative estimate of drug-likeness (QED) is 0.890. The molecule has 17 heavy (non-hydrogen) atoms. The number of rotatable bonds is 3. The summed E-state index contributed by atoms with van der Waals surface area (Å²) in [5.41, 5.74) is 0.752. The zero-order valence-corrected chi connectivity index (χ0v) is 10.1. The molecule has 0 spiro atoms. The molecule has 2 rings (SSSR count). The van der Waals surface area contributed by atoms with Crippen molar-refractivity contribution in [1.82, 2.24) is 0 Å². The van der Waals surface area contributed by atoms with Gasteiger partial charge in [-0.3, -0.25) is 0 Å². The monoisotopic (exact) mass is 246 g/mol. The summed E-state index contributed by atoms with van der Waals surface area (Å²) >= 11 is 1.65. The van der Waals surface area contributed by atoms with Crippen LogP contribution in [0.1, 0.15) is 23.4 Å². The number of anilines is 1. The lowest BCUT2D eigenvalue weighted by Gasteiger charge is -2.13. The minimum atomic E-state index is -0.490. The largest absolute Gasteiger partial charge is 0.378 e. The number of benzene rings is 1. The number of hydrogen-bond acceptors (Lipinski definition) is 3. The summed E-state index contributed by atoms with van der Waals surface area (Å²) in [5.74, 6) is -0.490. The molecular weight excluding hydrogens is 235 g/mol. The first-order chi connectivity index (χ1) is 8.20. The summed E-state index contributed by atoms with van der Waals surface area (Å²) in [6, 6.07) is 10.5. The lowest BCUT2D eigenvalue weighted by atomic mass is 10.2. The van der Waals surface area contributed by atoms with Gasteiger partial charge in [-0.05, 0) is 36.6 Å². The van der Waals surface area contributed by atoms with Gasteiger partial charge in [-0.1, -0.05) is 6.07 Å². The molecule has 0 aliphatic heterocycles. The van der Waals surface area contributed by atoms with Crippen LogP contribution in [0.15, 0.2) is 35.7 Å². The third-order valence-electron chi connectivity index (χ3n) is 2.44. The van der Waals surface area contributed by atoms with Gasteiger partial charge in [0.05, 0.1) is 11.6 Å². The Morgan fingerprint density at radius 1 is 1.41 bits per heavy atom. The molecule has 86 valence electrons. The molecule has 1 atom stereocenters. The van der Waals surface area contributed by atoms with E-state index in [1.807, 2.05) is 24.4 Å². The lowest BCUT2D eigenvalue weighted by molar-refractivity contribution is 0.624. The number of halogens is 1. The second kappa shape index (κ2) is 4.98. The van der Waals surface area contributed by atoms with Crippen LogP contribution in [-0.4, -0.2) is 0 Å². The molecule has 0 aliphatic carbocycles. The smallest absolute Gasteiger partial charge is 0.143 e. The highest BCUT2D eigenvalue weighted by atomic mass is 32.1. The van der Waals surface area contributed by atoms with Gasteiger partial charge < -0.3 is 5.32 Å². The Labute approximate surface area is 103 Å². The van der Waals surface area contributed by atoms with E-state index in [0.29, 0.717) is 5.69 Å². The Morgan fingerprint density at radius 3 is 2.82 bits per heavy atom. The topological polar surface area (TPSA) is 35.8 Å². The van der Waals surface area contributed by atoms with Gasteiger partial charge in [0.25, 0.3) is 0 Å². The molecule has 0 saturated heterocycles. The van der Waals surface area contributed by atoms with Gasteiger partial charge in [0, 0.05) is 10.6 Å². The zero-order valence-electron chi connectivity index (χ0n) is 9.27. The van der Waals surface area contributed by atoms with E-state index in [1.54, 1.807) is 23.5 Å². The highest BCUT2D eigenvalue weighted by Gasteiger charge is 2.08. The van der Waals surface area contributed by atoms with Crippen LogP contribution >= 0.6 is 11.3 Å². The molecule has 0 fully saturated rings. The van der Waals surface area contributed by atoms with Gasteiger partial charge in [0.2, 0.25) is 0 Å². The minimum absolute atomic E-state index is 0.0688. The Morgan fingerprint density at radius 2 is 2.24 bits per heavy atom. The van der Waals surface area contributed by atoms with Gasteiger partial charge in [-0.25, -0.2) is 4.39 Å². The van der Waals surface area contributed by atoms with Crippen molar-refractivity contribution in [2.75, 3.05) is 5.32 Å². The molecular formula is C13H11FN2S. The van der Waals surface area contributed by atoms with Crippen LogP contribution in [0.2, 0.25) is 0 Å². The molecule has 0 amide bonds. The molecule has 1 aromatic heterocycles. The SMILES string of the molecule is CC(Nc1ccc(C#N)c(F)c1)c1cccs1. The standard InChI is InChI=1S/C13H11FN2S/c1-9(13-3-2-6-17-13)16-11-5-4-10(8-15)12(14)7-11/h2-7,9,16H,1H3. The summed E-state index contributed by atoms with van der Waals surface area (Å²) in [5, 5.41) is 13.8. The number of nitriles is 1. The predicted octanol–water partition coefficient (Wildman–Crippen LogP) is 3.93. The van der Waals surface area contributed by atoms with E-state index in [0.717, 1.165) is 0 Å². The normalized spacial score (nSPS) is 11.8. The highest BCUT2D eigenvalue weighted by Crippen LogP contribution is 2.23. The fourth-order valence-electron chi connectivity index (χ4n) is 1.55. The molecule has 0 radical (unpaired) electrons. The van der Waals surface area contributed by atoms with Crippen LogP contribution in [0.25, 0.3) is 0 Å². The zero-order chi connectivity index (χ0) is 12.3. The predicted molar refractivity (Wildman–Crippen MR) is 67.5 cm³/mol. The maximum Gasteiger partial charge on any atom is 0.143 e. The molecule has 1 heterocycles. The number of hydrogen-bond donors (Lipinski definition) is 1. The van der Waals surface area contributed by atoms with Crippen molar-refractivity contribution in [3.05, 3.63) is 52.0 Å². The van der Waals surface area contributed by atoms with Crippen molar-refractivity contribution in [3.8, 4) is 6.07 Å². The van der Waals surface area contributed by atoms with Crippen molar-refractivity contribution >= 4 is 17.0 Å². The van der Waals surface area contributed by atoms with E-state index in [-0.39, 0.29) is 11.6 Å². The summed E-state index contributed by atoms with van der Waals surface area (Å²) < 4.78 is 13.4. The highest BCUT2D eigenvalue weighted by molar-refractivity contribution is 7.10. The van der Waals surface area contributed by atoms with Crippen LogP contribution < -0.4 is 5.32 Å². The van der Waals surface area contributed by atoms with E-state index >= 15 is 0 Å². The van der Waals surface area contributed by atoms with Crippen molar-refractivity contribution in [2.24, 2.45) is 0 Å². The maximum absolute atomic E-state index is 13.4. The molecule has 0 bridgehead atoms. The van der Waals surface area contributed by atoms with Crippen molar-refractivity contribution in [1.29, 1.82) is 5.26 Å². The van der Waals surface area contributed by atoms with Crippen LogP contribution in [0, 0.1) is 17.1 Å². The second-order valence-corrected chi connectivity index (χ2v) is 4.67. The van der Waals surface area contributed by atoms with E-state index in [1.165, 1.54) is 17.0 Å². The first-order valence-electron chi connectivity index (χ1n) is 5.20. The van der Waals surface area contributed by atoms with Crippen LogP contribution in [0.5, 0.6) is 0 Å². The second-order valence-electron chi connectivity index (χ2n) is 3.69. The summed E-state index contributed by atoms with van der Waals surface area (Å²) in [6.07, 6.45) is 0. The Kier molecular flexibility index (Phi) is 3.40. The summed E-state index contributed by atoms with van der Waals surface area (Å²) in [4.78, 5) is 1.19. The fourth-order valence-corrected chi connectivity index (χ4v) is 2.29. The number of nitrogens with zero attached hydrogens (tertiary/aromatic N) is 1. The first-order valence-corrected chi connectivity index (χ1v) is 6.08. The van der Waals surface area contributed by atoms with Gasteiger partial charge in [-0.2, -0.15) is 5.26 Å². The third-order valence-corrected chi connectivity index (χ3v) is 3.50. The molecule has 2 nitrogen and oxygen atoms in total. The molecule has 1 aromatic carbocycles. The van der Waals surface area contributed by atoms with Crippen LogP contribution in [0.3, 0.4) is 0 Å². The van der Waals surface area contributed by atoms with Gasteiger partial charge >= 0.3 is 0 Å². The van der Waals surface area contributed by atoms with Gasteiger partial charge in [0.15, 0.2) is 0 Å². The van der Waals surface area contributed by atoms with Crippen molar-refractivity contribution in [2.45, 2.75) is 13.0 Å². The molecule has 2 aromatic rings. The van der Waals surface area contributed by atoms with Gasteiger partial charge in [0.1, 0.15) is 11.9 Å². The average Bonchev–Trinajstić information content (AvgIpc) is 2.82. The van der Waals surface area contributed by atoms with Crippen LogP contribution in [0.4, 0.5) is 10.1 Å². The Balaban J connectivity index is 2.15. The van der Waals surface area contributed by atoms with E-state index in [9.17, 15) is 4.39 Å². The molecule has 1 unspecified atom stereocenters. The molecule has 0 saturated carbocycles. The summed E-state index contributed by atoms with van der Waals surface area (Å²) in [7, 11) is 0. The Bertz CT molecular complexity index is 543. The van der Waals surface area contributed by atoms with Gasteiger partial charge in [-0.15, -0.1) is 11.3 Å². The Hall–Kier alpha value is -1.86. The maximum atomic E-state index is 13.4. The van der Waals surface area contributed by atoms with E-state index in [4.69, 9.17) is 5.26 Å². The minimum Gasteiger partial charge on any atom is -0.378 e. The molecule has 1 N–H and O–H groups in total.